The number of anilines is 1. The number of aromatic nitrogens is 3. The molecule has 0 radical (unpaired) electrons. The summed E-state index contributed by atoms with van der Waals surface area (Å²) >= 11 is 0. The summed E-state index contributed by atoms with van der Waals surface area (Å²) in [6.07, 6.45) is 2.57. The Morgan fingerprint density at radius 3 is 2.88 bits per heavy atom. The molecule has 3 heterocycles. The molecular formula is C17H19N5O3. The second-order valence-electron chi connectivity index (χ2n) is 6.19. The zero-order valence-electron chi connectivity index (χ0n) is 13.8. The van der Waals surface area contributed by atoms with Gasteiger partial charge in [0.2, 0.25) is 5.95 Å². The number of carboxylic acid groups (broad SMARTS) is 1. The Morgan fingerprint density at radius 1 is 1.24 bits per heavy atom. The van der Waals surface area contributed by atoms with E-state index in [2.05, 4.69) is 21.2 Å². The Kier molecular flexibility index (Phi) is 4.19. The number of fused-ring (bicyclic) bond motifs is 1. The van der Waals surface area contributed by atoms with E-state index in [9.17, 15) is 4.79 Å². The minimum absolute atomic E-state index is 0.0699. The van der Waals surface area contributed by atoms with Crippen molar-refractivity contribution in [3.8, 4) is 17.0 Å². The number of rotatable bonds is 4. The van der Waals surface area contributed by atoms with Crippen molar-refractivity contribution >= 4 is 11.9 Å². The highest BCUT2D eigenvalue weighted by molar-refractivity contribution is 5.70. The second-order valence-corrected chi connectivity index (χ2v) is 6.19. The van der Waals surface area contributed by atoms with Crippen LogP contribution in [0.25, 0.3) is 11.3 Å². The maximum atomic E-state index is 10.8. The number of carbonyl (C=O) groups is 1. The number of benzene rings is 1. The lowest BCUT2D eigenvalue weighted by atomic mass is 10.1. The first-order valence-electron chi connectivity index (χ1n) is 8.34. The molecule has 0 saturated carbocycles. The topological polar surface area (TPSA) is 91.7 Å². The quantitative estimate of drug-likeness (QED) is 0.868. The Bertz CT molecular complexity index is 790. The smallest absolute Gasteiger partial charge is 0.317 e. The Balaban J connectivity index is 1.53. The molecule has 0 amide bonds. The van der Waals surface area contributed by atoms with E-state index in [0.29, 0.717) is 38.7 Å². The fraction of sp³-hybridized carbons (Fsp3) is 0.412. The molecule has 130 valence electrons. The number of carboxylic acids is 1. The fourth-order valence-electron chi connectivity index (χ4n) is 3.27. The number of hydrogen-bond acceptors (Lipinski definition) is 7. The van der Waals surface area contributed by atoms with E-state index in [1.165, 1.54) is 5.56 Å². The molecule has 1 aromatic carbocycles. The molecule has 2 aliphatic rings. The van der Waals surface area contributed by atoms with Crippen LogP contribution in [-0.4, -0.2) is 70.5 Å². The summed E-state index contributed by atoms with van der Waals surface area (Å²) in [6, 6.07) is 6.07. The van der Waals surface area contributed by atoms with Crippen LogP contribution in [0, 0.1) is 0 Å². The third kappa shape index (κ3) is 3.25. The molecule has 8 heteroatoms. The fourth-order valence-corrected chi connectivity index (χ4v) is 3.27. The van der Waals surface area contributed by atoms with Gasteiger partial charge in [0.25, 0.3) is 0 Å². The molecule has 1 saturated heterocycles. The van der Waals surface area contributed by atoms with Crippen LogP contribution in [0.1, 0.15) is 5.56 Å². The number of nitrogens with zero attached hydrogens (tertiary/aromatic N) is 5. The SMILES string of the molecule is O=C(O)CN1CCN(c2nncc(-c3cccc4c3OCC4)n2)CC1. The highest BCUT2D eigenvalue weighted by Crippen LogP contribution is 2.35. The van der Waals surface area contributed by atoms with Crippen molar-refractivity contribution in [1.82, 2.24) is 20.1 Å². The molecule has 0 spiro atoms. The number of hydrogen-bond donors (Lipinski definition) is 1. The molecule has 8 nitrogen and oxygen atoms in total. The maximum absolute atomic E-state index is 10.8. The van der Waals surface area contributed by atoms with Crippen molar-refractivity contribution in [2.45, 2.75) is 6.42 Å². The summed E-state index contributed by atoms with van der Waals surface area (Å²) in [5, 5.41) is 17.2. The lowest BCUT2D eigenvalue weighted by molar-refractivity contribution is -0.138. The van der Waals surface area contributed by atoms with E-state index in [-0.39, 0.29) is 6.54 Å². The van der Waals surface area contributed by atoms with E-state index in [0.717, 1.165) is 23.4 Å². The van der Waals surface area contributed by atoms with E-state index in [1.807, 2.05) is 21.9 Å². The first-order valence-corrected chi connectivity index (χ1v) is 8.34. The average Bonchev–Trinajstić information content (AvgIpc) is 3.11. The van der Waals surface area contributed by atoms with Gasteiger partial charge in [0.05, 0.1) is 25.0 Å². The van der Waals surface area contributed by atoms with Gasteiger partial charge in [0.1, 0.15) is 5.75 Å². The molecule has 25 heavy (non-hydrogen) atoms. The predicted molar refractivity (Wildman–Crippen MR) is 90.8 cm³/mol. The first-order chi connectivity index (χ1) is 12.2. The van der Waals surface area contributed by atoms with Crippen LogP contribution in [0.2, 0.25) is 0 Å². The van der Waals surface area contributed by atoms with Gasteiger partial charge in [-0.25, -0.2) is 4.98 Å². The molecule has 2 aromatic rings. The molecule has 4 rings (SSSR count). The highest BCUT2D eigenvalue weighted by atomic mass is 16.5. The zero-order chi connectivity index (χ0) is 17.2. The summed E-state index contributed by atoms with van der Waals surface area (Å²) in [4.78, 5) is 19.4. The van der Waals surface area contributed by atoms with Gasteiger partial charge in [0, 0.05) is 38.2 Å². The van der Waals surface area contributed by atoms with Crippen LogP contribution >= 0.6 is 0 Å². The van der Waals surface area contributed by atoms with Crippen LogP contribution in [0.4, 0.5) is 5.95 Å². The summed E-state index contributed by atoms with van der Waals surface area (Å²) in [6.45, 7) is 3.47. The van der Waals surface area contributed by atoms with Crippen LogP contribution in [0.3, 0.4) is 0 Å². The van der Waals surface area contributed by atoms with Crippen molar-refractivity contribution in [2.24, 2.45) is 0 Å². The molecule has 1 N–H and O–H groups in total. The normalized spacial score (nSPS) is 17.2. The third-order valence-corrected chi connectivity index (χ3v) is 4.55. The monoisotopic (exact) mass is 341 g/mol. The molecule has 1 fully saturated rings. The van der Waals surface area contributed by atoms with Crippen LogP contribution in [-0.2, 0) is 11.2 Å². The minimum atomic E-state index is -0.800. The van der Waals surface area contributed by atoms with Gasteiger partial charge in [-0.1, -0.05) is 12.1 Å². The molecule has 0 aliphatic carbocycles. The number of ether oxygens (including phenoxy) is 1. The van der Waals surface area contributed by atoms with Crippen molar-refractivity contribution in [2.75, 3.05) is 44.2 Å². The maximum Gasteiger partial charge on any atom is 0.317 e. The van der Waals surface area contributed by atoms with Gasteiger partial charge in [0.15, 0.2) is 0 Å². The lowest BCUT2D eigenvalue weighted by Gasteiger charge is -2.33. The number of aliphatic carboxylic acids is 1. The number of piperazine rings is 1. The Labute approximate surface area is 145 Å². The van der Waals surface area contributed by atoms with Gasteiger partial charge < -0.3 is 14.7 Å². The lowest BCUT2D eigenvalue weighted by Crippen LogP contribution is -2.48. The summed E-state index contributed by atoms with van der Waals surface area (Å²) in [5.74, 6) is 0.662. The molecular weight excluding hydrogens is 322 g/mol. The van der Waals surface area contributed by atoms with Crippen molar-refractivity contribution < 1.29 is 14.6 Å². The van der Waals surface area contributed by atoms with E-state index < -0.39 is 5.97 Å². The van der Waals surface area contributed by atoms with E-state index in [4.69, 9.17) is 9.84 Å². The van der Waals surface area contributed by atoms with Gasteiger partial charge in [-0.2, -0.15) is 5.10 Å². The average molecular weight is 341 g/mol. The van der Waals surface area contributed by atoms with Crippen LogP contribution < -0.4 is 9.64 Å². The second kappa shape index (κ2) is 6.64. The molecule has 1 aromatic heterocycles. The van der Waals surface area contributed by atoms with Crippen molar-refractivity contribution in [3.05, 3.63) is 30.0 Å². The standard InChI is InChI=1S/C17H19N5O3/c23-15(24)11-21-5-7-22(8-6-21)17-19-14(10-18-20-17)13-3-1-2-12-4-9-25-16(12)13/h1-3,10H,4-9,11H2,(H,23,24). The largest absolute Gasteiger partial charge is 0.492 e. The third-order valence-electron chi connectivity index (χ3n) is 4.55. The molecule has 0 unspecified atom stereocenters. The summed E-state index contributed by atoms with van der Waals surface area (Å²) < 4.78 is 5.76. The summed E-state index contributed by atoms with van der Waals surface area (Å²) in [5.41, 5.74) is 2.88. The van der Waals surface area contributed by atoms with Crippen LogP contribution in [0.15, 0.2) is 24.4 Å². The molecule has 0 atom stereocenters. The summed E-state index contributed by atoms with van der Waals surface area (Å²) in [7, 11) is 0. The van der Waals surface area contributed by atoms with Crippen molar-refractivity contribution in [1.29, 1.82) is 0 Å². The molecule has 0 bridgehead atoms. The zero-order valence-corrected chi connectivity index (χ0v) is 13.8. The van der Waals surface area contributed by atoms with Gasteiger partial charge in [-0.3, -0.25) is 9.69 Å². The Hall–Kier alpha value is -2.74. The predicted octanol–water partition coefficient (Wildman–Crippen LogP) is 0.680. The van der Waals surface area contributed by atoms with Crippen LogP contribution in [0.5, 0.6) is 5.75 Å². The van der Waals surface area contributed by atoms with Gasteiger partial charge in [-0.05, 0) is 11.6 Å². The first kappa shape index (κ1) is 15.8. The van der Waals surface area contributed by atoms with E-state index in [1.54, 1.807) is 6.20 Å². The van der Waals surface area contributed by atoms with Gasteiger partial charge >= 0.3 is 5.97 Å². The minimum Gasteiger partial charge on any atom is -0.492 e. The van der Waals surface area contributed by atoms with E-state index >= 15 is 0 Å². The Morgan fingerprint density at radius 2 is 2.08 bits per heavy atom. The number of para-hydroxylation sites is 1. The van der Waals surface area contributed by atoms with Crippen molar-refractivity contribution in [3.63, 3.8) is 0 Å². The molecule has 2 aliphatic heterocycles. The van der Waals surface area contributed by atoms with Gasteiger partial charge in [-0.15, -0.1) is 5.10 Å². The highest BCUT2D eigenvalue weighted by Gasteiger charge is 2.22.